The first kappa shape index (κ1) is 13.1. The summed E-state index contributed by atoms with van der Waals surface area (Å²) in [6, 6.07) is 5.13. The van der Waals surface area contributed by atoms with Crippen molar-refractivity contribution in [2.45, 2.75) is 13.1 Å². The number of nitrogen functional groups attached to an aromatic ring is 1. The van der Waals surface area contributed by atoms with Crippen LogP contribution in [0, 0.1) is 6.92 Å². The summed E-state index contributed by atoms with van der Waals surface area (Å²) in [5, 5.41) is 2.55. The molecule has 0 radical (unpaired) electrons. The van der Waals surface area contributed by atoms with E-state index >= 15 is 0 Å². The quantitative estimate of drug-likeness (QED) is 0.878. The fourth-order valence-corrected chi connectivity index (χ4v) is 1.50. The zero-order chi connectivity index (χ0) is 14.0. The van der Waals surface area contributed by atoms with Gasteiger partial charge in [0.05, 0.1) is 28.8 Å². The fraction of sp³-hybridized carbons (Fsp3) is 0.167. The van der Waals surface area contributed by atoms with Crippen LogP contribution in [0.5, 0.6) is 0 Å². The first-order chi connectivity index (χ1) is 8.88. The second kappa shape index (κ2) is 4.75. The molecule has 0 fully saturated rings. The van der Waals surface area contributed by atoms with Gasteiger partial charge in [0.25, 0.3) is 0 Å². The number of nitrogens with one attached hydrogen (secondary N) is 1. The zero-order valence-corrected chi connectivity index (χ0v) is 9.99. The lowest BCUT2D eigenvalue weighted by Gasteiger charge is -2.13. The lowest BCUT2D eigenvalue weighted by molar-refractivity contribution is -0.136. The van der Waals surface area contributed by atoms with Crippen LogP contribution >= 0.6 is 0 Å². The molecule has 1 heterocycles. The summed E-state index contributed by atoms with van der Waals surface area (Å²) in [6.45, 7) is 1.65. The minimum atomic E-state index is -4.44. The Bertz CT molecular complexity index is 596. The Morgan fingerprint density at radius 1 is 1.21 bits per heavy atom. The standard InChI is InChI=1S/C12H11F3N4/c1-7-9(16)6-17-11(18-7)19-10-5-3-2-4-8(10)12(13,14)15/h2-6H,16H2,1H3,(H,17,18,19). The maximum atomic E-state index is 12.8. The summed E-state index contributed by atoms with van der Waals surface area (Å²) >= 11 is 0. The Labute approximate surface area is 107 Å². The molecule has 0 bridgehead atoms. The third-order valence-electron chi connectivity index (χ3n) is 2.50. The zero-order valence-electron chi connectivity index (χ0n) is 9.99. The van der Waals surface area contributed by atoms with Gasteiger partial charge in [-0.3, -0.25) is 0 Å². The van der Waals surface area contributed by atoms with Gasteiger partial charge in [0.2, 0.25) is 5.95 Å². The number of benzene rings is 1. The molecule has 19 heavy (non-hydrogen) atoms. The van der Waals surface area contributed by atoms with E-state index in [1.54, 1.807) is 6.92 Å². The van der Waals surface area contributed by atoms with Crippen LogP contribution in [0.15, 0.2) is 30.5 Å². The number of alkyl halides is 3. The van der Waals surface area contributed by atoms with Gasteiger partial charge in [-0.2, -0.15) is 13.2 Å². The van der Waals surface area contributed by atoms with Crippen molar-refractivity contribution >= 4 is 17.3 Å². The van der Waals surface area contributed by atoms with Crippen LogP contribution in [-0.4, -0.2) is 9.97 Å². The predicted octanol–water partition coefficient (Wildman–Crippen LogP) is 3.13. The molecule has 0 saturated carbocycles. The van der Waals surface area contributed by atoms with Crippen molar-refractivity contribution in [2.75, 3.05) is 11.1 Å². The predicted molar refractivity (Wildman–Crippen MR) is 65.9 cm³/mol. The number of hydrogen-bond acceptors (Lipinski definition) is 4. The molecule has 0 aliphatic rings. The number of aromatic nitrogens is 2. The van der Waals surface area contributed by atoms with E-state index in [4.69, 9.17) is 5.73 Å². The Balaban J connectivity index is 2.36. The van der Waals surface area contributed by atoms with E-state index in [1.165, 1.54) is 24.4 Å². The molecule has 2 aromatic rings. The molecule has 1 aromatic heterocycles. The molecule has 2 rings (SSSR count). The normalized spacial score (nSPS) is 11.4. The van der Waals surface area contributed by atoms with Gasteiger partial charge in [-0.15, -0.1) is 0 Å². The average molecular weight is 268 g/mol. The van der Waals surface area contributed by atoms with Crippen LogP contribution in [0.25, 0.3) is 0 Å². The van der Waals surface area contributed by atoms with Gasteiger partial charge >= 0.3 is 6.18 Å². The van der Waals surface area contributed by atoms with Gasteiger partial charge in [-0.05, 0) is 19.1 Å². The second-order valence-electron chi connectivity index (χ2n) is 3.90. The third-order valence-corrected chi connectivity index (χ3v) is 2.50. The first-order valence-corrected chi connectivity index (χ1v) is 5.40. The number of aryl methyl sites for hydroxylation is 1. The highest BCUT2D eigenvalue weighted by Gasteiger charge is 2.33. The molecule has 1 aromatic carbocycles. The maximum Gasteiger partial charge on any atom is 0.418 e. The topological polar surface area (TPSA) is 63.8 Å². The number of nitrogens with two attached hydrogens (primary N) is 1. The largest absolute Gasteiger partial charge is 0.418 e. The molecule has 0 saturated heterocycles. The summed E-state index contributed by atoms with van der Waals surface area (Å²) in [5.41, 5.74) is 5.57. The Morgan fingerprint density at radius 2 is 1.89 bits per heavy atom. The molecule has 100 valence electrons. The summed E-state index contributed by atoms with van der Waals surface area (Å²) in [7, 11) is 0. The highest BCUT2D eigenvalue weighted by Crippen LogP contribution is 2.35. The van der Waals surface area contributed by atoms with E-state index in [0.29, 0.717) is 11.4 Å². The van der Waals surface area contributed by atoms with E-state index in [0.717, 1.165) is 6.07 Å². The molecule has 3 N–H and O–H groups in total. The van der Waals surface area contributed by atoms with Gasteiger partial charge in [0, 0.05) is 0 Å². The number of nitrogens with zero attached hydrogens (tertiary/aromatic N) is 2. The lowest BCUT2D eigenvalue weighted by Crippen LogP contribution is -2.10. The molecule has 0 amide bonds. The van der Waals surface area contributed by atoms with Gasteiger partial charge in [0.1, 0.15) is 0 Å². The van der Waals surface area contributed by atoms with Crippen LogP contribution in [0.2, 0.25) is 0 Å². The van der Waals surface area contributed by atoms with Gasteiger partial charge in [-0.1, -0.05) is 12.1 Å². The Morgan fingerprint density at radius 3 is 2.53 bits per heavy atom. The number of hydrogen-bond donors (Lipinski definition) is 2. The van der Waals surface area contributed by atoms with Crippen molar-refractivity contribution in [1.82, 2.24) is 9.97 Å². The molecule has 0 atom stereocenters. The van der Waals surface area contributed by atoms with Crippen LogP contribution in [0.1, 0.15) is 11.3 Å². The van der Waals surface area contributed by atoms with Gasteiger partial charge in [0.15, 0.2) is 0 Å². The molecular weight excluding hydrogens is 257 g/mol. The van der Waals surface area contributed by atoms with E-state index in [9.17, 15) is 13.2 Å². The summed E-state index contributed by atoms with van der Waals surface area (Å²) < 4.78 is 38.4. The third kappa shape index (κ3) is 2.93. The van der Waals surface area contributed by atoms with E-state index in [-0.39, 0.29) is 11.6 Å². The summed E-state index contributed by atoms with van der Waals surface area (Å²) in [4.78, 5) is 7.82. The molecule has 0 spiro atoms. The smallest absolute Gasteiger partial charge is 0.396 e. The number of para-hydroxylation sites is 1. The van der Waals surface area contributed by atoms with Crippen molar-refractivity contribution in [1.29, 1.82) is 0 Å². The molecule has 0 unspecified atom stereocenters. The molecule has 4 nitrogen and oxygen atoms in total. The SMILES string of the molecule is Cc1nc(Nc2ccccc2C(F)(F)F)ncc1N. The summed E-state index contributed by atoms with van der Waals surface area (Å²) in [5.74, 6) is 0.0726. The van der Waals surface area contributed by atoms with E-state index in [1.807, 2.05) is 0 Å². The highest BCUT2D eigenvalue weighted by molar-refractivity contribution is 5.60. The van der Waals surface area contributed by atoms with Crippen molar-refractivity contribution in [2.24, 2.45) is 0 Å². The fourth-order valence-electron chi connectivity index (χ4n) is 1.50. The minimum Gasteiger partial charge on any atom is -0.396 e. The second-order valence-corrected chi connectivity index (χ2v) is 3.90. The van der Waals surface area contributed by atoms with Gasteiger partial charge < -0.3 is 11.1 Å². The number of halogens is 3. The highest BCUT2D eigenvalue weighted by atomic mass is 19.4. The minimum absolute atomic E-state index is 0.0726. The molecular formula is C12H11F3N4. The van der Waals surface area contributed by atoms with Gasteiger partial charge in [-0.25, -0.2) is 9.97 Å². The van der Waals surface area contributed by atoms with Crippen molar-refractivity contribution in [3.05, 3.63) is 41.7 Å². The first-order valence-electron chi connectivity index (χ1n) is 5.40. The van der Waals surface area contributed by atoms with Crippen LogP contribution in [0.3, 0.4) is 0 Å². The maximum absolute atomic E-state index is 12.8. The van der Waals surface area contributed by atoms with Crippen molar-refractivity contribution in [3.8, 4) is 0 Å². The van der Waals surface area contributed by atoms with Crippen molar-refractivity contribution in [3.63, 3.8) is 0 Å². The van der Waals surface area contributed by atoms with E-state index in [2.05, 4.69) is 15.3 Å². The molecule has 0 aliphatic heterocycles. The average Bonchev–Trinajstić information content (AvgIpc) is 2.33. The summed E-state index contributed by atoms with van der Waals surface area (Å²) in [6.07, 6.45) is -3.09. The van der Waals surface area contributed by atoms with Crippen LogP contribution < -0.4 is 11.1 Å². The monoisotopic (exact) mass is 268 g/mol. The molecule has 0 aliphatic carbocycles. The Kier molecular flexibility index (Phi) is 3.28. The van der Waals surface area contributed by atoms with Crippen molar-refractivity contribution < 1.29 is 13.2 Å². The lowest BCUT2D eigenvalue weighted by atomic mass is 10.1. The number of anilines is 3. The Hall–Kier alpha value is -2.31. The van der Waals surface area contributed by atoms with Crippen LogP contribution in [-0.2, 0) is 6.18 Å². The van der Waals surface area contributed by atoms with Crippen LogP contribution in [0.4, 0.5) is 30.5 Å². The number of rotatable bonds is 2. The molecule has 7 heteroatoms. The van der Waals surface area contributed by atoms with E-state index < -0.39 is 11.7 Å².